The molecule has 1 nitrogen and oxygen atoms in total. The fourth-order valence-corrected chi connectivity index (χ4v) is 1.52. The molecule has 0 aromatic carbocycles. The summed E-state index contributed by atoms with van der Waals surface area (Å²) < 4.78 is 0. The first-order chi connectivity index (χ1) is 5.63. The van der Waals surface area contributed by atoms with Gasteiger partial charge in [-0.2, -0.15) is 0 Å². The Kier molecular flexibility index (Phi) is 6.45. The van der Waals surface area contributed by atoms with Gasteiger partial charge in [-0.05, 0) is 38.8 Å². The number of hydrogen-bond donors (Lipinski definition) is 0. The molecular formula is C11H25N. The highest BCUT2D eigenvalue weighted by Gasteiger charge is 2.14. The summed E-state index contributed by atoms with van der Waals surface area (Å²) in [6.07, 6.45) is 2.55. The Morgan fingerprint density at radius 1 is 0.917 bits per heavy atom. The molecule has 0 saturated carbocycles. The summed E-state index contributed by atoms with van der Waals surface area (Å²) >= 11 is 0. The second-order valence-electron chi connectivity index (χ2n) is 4.02. The maximum absolute atomic E-state index is 2.60. The maximum Gasteiger partial charge on any atom is 0.00899 e. The van der Waals surface area contributed by atoms with Crippen molar-refractivity contribution < 1.29 is 0 Å². The fraction of sp³-hybridized carbons (Fsp3) is 1.00. The van der Waals surface area contributed by atoms with Gasteiger partial charge in [0.25, 0.3) is 0 Å². The highest BCUT2D eigenvalue weighted by Crippen LogP contribution is 2.10. The van der Waals surface area contributed by atoms with E-state index in [-0.39, 0.29) is 0 Å². The van der Waals surface area contributed by atoms with Gasteiger partial charge in [0.1, 0.15) is 0 Å². The van der Waals surface area contributed by atoms with E-state index in [0.717, 1.165) is 12.0 Å². The van der Waals surface area contributed by atoms with Gasteiger partial charge < -0.3 is 4.90 Å². The first-order valence-corrected chi connectivity index (χ1v) is 5.37. The van der Waals surface area contributed by atoms with Gasteiger partial charge >= 0.3 is 0 Å². The van der Waals surface area contributed by atoms with Crippen molar-refractivity contribution in [2.45, 2.75) is 53.5 Å². The molecule has 0 N–H and O–H groups in total. The van der Waals surface area contributed by atoms with Gasteiger partial charge in [0.05, 0.1) is 0 Å². The molecule has 0 aliphatic carbocycles. The van der Waals surface area contributed by atoms with Crippen LogP contribution in [0.15, 0.2) is 0 Å². The molecule has 0 heterocycles. The van der Waals surface area contributed by atoms with Crippen molar-refractivity contribution in [1.82, 2.24) is 4.90 Å². The smallest absolute Gasteiger partial charge is 0.00899 e. The molecule has 0 unspecified atom stereocenters. The maximum atomic E-state index is 2.60. The summed E-state index contributed by atoms with van der Waals surface area (Å²) in [5.74, 6) is 0.781. The lowest BCUT2D eigenvalue weighted by molar-refractivity contribution is 0.169. The third-order valence-corrected chi connectivity index (χ3v) is 2.56. The molecule has 0 radical (unpaired) electrons. The Morgan fingerprint density at radius 3 is 1.58 bits per heavy atom. The van der Waals surface area contributed by atoms with Gasteiger partial charge in [0.2, 0.25) is 0 Å². The summed E-state index contributed by atoms with van der Waals surface area (Å²) in [4.78, 5) is 2.60. The molecule has 0 aliphatic heterocycles. The van der Waals surface area contributed by atoms with Gasteiger partial charge in [-0.3, -0.25) is 0 Å². The second kappa shape index (κ2) is 6.47. The summed E-state index contributed by atoms with van der Waals surface area (Å²) in [6.45, 7) is 14.0. The van der Waals surface area contributed by atoms with E-state index in [1.165, 1.54) is 25.9 Å². The molecule has 74 valence electrons. The zero-order valence-corrected chi connectivity index (χ0v) is 9.43. The van der Waals surface area contributed by atoms with Crippen molar-refractivity contribution in [3.05, 3.63) is 0 Å². The molecule has 0 aromatic heterocycles. The standard InChI is InChI=1S/C11H25N/c1-6-8-12(9-7-2)11(5)10(3)4/h10-11H,6-9H2,1-5H3/t11-/m1/s1. The topological polar surface area (TPSA) is 3.24 Å². The highest BCUT2D eigenvalue weighted by atomic mass is 15.1. The lowest BCUT2D eigenvalue weighted by Gasteiger charge is -2.31. The van der Waals surface area contributed by atoms with Crippen LogP contribution in [0.3, 0.4) is 0 Å². The molecule has 0 bridgehead atoms. The largest absolute Gasteiger partial charge is 0.300 e. The Bertz CT molecular complexity index is 93.2. The molecule has 1 atom stereocenters. The fourth-order valence-electron chi connectivity index (χ4n) is 1.52. The average molecular weight is 171 g/mol. The minimum atomic E-state index is 0.741. The first kappa shape index (κ1) is 12.0. The van der Waals surface area contributed by atoms with Crippen LogP contribution in [0.2, 0.25) is 0 Å². The van der Waals surface area contributed by atoms with E-state index >= 15 is 0 Å². The average Bonchev–Trinajstić information content (AvgIpc) is 2.03. The highest BCUT2D eigenvalue weighted by molar-refractivity contribution is 4.69. The van der Waals surface area contributed by atoms with Crippen LogP contribution in [0.25, 0.3) is 0 Å². The van der Waals surface area contributed by atoms with Gasteiger partial charge in [-0.1, -0.05) is 27.7 Å². The Balaban J connectivity index is 3.89. The molecule has 0 amide bonds. The van der Waals surface area contributed by atoms with Crippen molar-refractivity contribution >= 4 is 0 Å². The third-order valence-electron chi connectivity index (χ3n) is 2.56. The van der Waals surface area contributed by atoms with Gasteiger partial charge in [-0.15, -0.1) is 0 Å². The summed E-state index contributed by atoms with van der Waals surface area (Å²) in [6, 6.07) is 0.741. The molecule has 0 spiro atoms. The number of nitrogens with zero attached hydrogens (tertiary/aromatic N) is 1. The van der Waals surface area contributed by atoms with E-state index in [1.807, 2.05) is 0 Å². The Labute approximate surface area is 78.1 Å². The van der Waals surface area contributed by atoms with Crippen molar-refractivity contribution in [3.8, 4) is 0 Å². The van der Waals surface area contributed by atoms with Crippen LogP contribution in [0.5, 0.6) is 0 Å². The monoisotopic (exact) mass is 171 g/mol. The predicted molar refractivity (Wildman–Crippen MR) is 56.5 cm³/mol. The molecule has 0 aromatic rings. The van der Waals surface area contributed by atoms with E-state index in [2.05, 4.69) is 39.5 Å². The number of rotatable bonds is 6. The molecule has 1 heteroatoms. The quantitative estimate of drug-likeness (QED) is 0.593. The molecule has 0 saturated heterocycles. The van der Waals surface area contributed by atoms with Crippen LogP contribution < -0.4 is 0 Å². The van der Waals surface area contributed by atoms with Crippen LogP contribution in [0, 0.1) is 5.92 Å². The van der Waals surface area contributed by atoms with E-state index in [1.54, 1.807) is 0 Å². The third kappa shape index (κ3) is 4.10. The van der Waals surface area contributed by atoms with E-state index in [4.69, 9.17) is 0 Å². The molecule has 12 heavy (non-hydrogen) atoms. The van der Waals surface area contributed by atoms with Gasteiger partial charge in [0.15, 0.2) is 0 Å². The van der Waals surface area contributed by atoms with Crippen LogP contribution in [0.4, 0.5) is 0 Å². The molecule has 0 fully saturated rings. The second-order valence-corrected chi connectivity index (χ2v) is 4.02. The van der Waals surface area contributed by atoms with Gasteiger partial charge in [-0.25, -0.2) is 0 Å². The summed E-state index contributed by atoms with van der Waals surface area (Å²) in [5, 5.41) is 0. The first-order valence-electron chi connectivity index (χ1n) is 5.37. The van der Waals surface area contributed by atoms with Gasteiger partial charge in [0, 0.05) is 6.04 Å². The van der Waals surface area contributed by atoms with E-state index in [9.17, 15) is 0 Å². The van der Waals surface area contributed by atoms with Crippen molar-refractivity contribution in [1.29, 1.82) is 0 Å². The SMILES string of the molecule is CCCN(CCC)[C@H](C)C(C)C. The lowest BCUT2D eigenvalue weighted by Crippen LogP contribution is -2.37. The van der Waals surface area contributed by atoms with Crippen molar-refractivity contribution in [2.75, 3.05) is 13.1 Å². The van der Waals surface area contributed by atoms with Crippen LogP contribution >= 0.6 is 0 Å². The zero-order valence-electron chi connectivity index (χ0n) is 9.43. The van der Waals surface area contributed by atoms with Crippen LogP contribution in [0.1, 0.15) is 47.5 Å². The van der Waals surface area contributed by atoms with E-state index < -0.39 is 0 Å². The van der Waals surface area contributed by atoms with E-state index in [0.29, 0.717) is 0 Å². The van der Waals surface area contributed by atoms with Crippen molar-refractivity contribution in [2.24, 2.45) is 5.92 Å². The molecule has 0 aliphatic rings. The summed E-state index contributed by atoms with van der Waals surface area (Å²) in [5.41, 5.74) is 0. The molecular weight excluding hydrogens is 146 g/mol. The Morgan fingerprint density at radius 2 is 1.33 bits per heavy atom. The molecule has 0 rings (SSSR count). The lowest BCUT2D eigenvalue weighted by atomic mass is 10.0. The Hall–Kier alpha value is -0.0400. The van der Waals surface area contributed by atoms with Crippen LogP contribution in [-0.4, -0.2) is 24.0 Å². The normalized spacial score (nSPS) is 14.2. The number of hydrogen-bond acceptors (Lipinski definition) is 1. The minimum Gasteiger partial charge on any atom is -0.300 e. The summed E-state index contributed by atoms with van der Waals surface area (Å²) in [7, 11) is 0. The van der Waals surface area contributed by atoms with Crippen LogP contribution in [-0.2, 0) is 0 Å². The zero-order chi connectivity index (χ0) is 9.56. The van der Waals surface area contributed by atoms with Crippen molar-refractivity contribution in [3.63, 3.8) is 0 Å². The predicted octanol–water partition coefficient (Wildman–Crippen LogP) is 3.15. The minimum absolute atomic E-state index is 0.741.